The highest BCUT2D eigenvalue weighted by atomic mass is 16.4. The maximum absolute atomic E-state index is 10.6. The molecule has 1 rings (SSSR count). The molecule has 0 aromatic rings. The molecule has 0 amide bonds. The second kappa shape index (κ2) is 12.2. The van der Waals surface area contributed by atoms with E-state index in [0.29, 0.717) is 19.3 Å². The summed E-state index contributed by atoms with van der Waals surface area (Å²) in [4.78, 5) is 10.5. The molecule has 0 saturated heterocycles. The second-order valence-electron chi connectivity index (χ2n) is 8.30. The molecule has 154 valence electrons. The van der Waals surface area contributed by atoms with Gasteiger partial charge in [-0.25, -0.2) is 0 Å². The summed E-state index contributed by atoms with van der Waals surface area (Å²) < 4.78 is 0. The van der Waals surface area contributed by atoms with Crippen LogP contribution in [0.25, 0.3) is 0 Å². The molecule has 0 bridgehead atoms. The van der Waals surface area contributed by atoms with Crippen LogP contribution < -0.4 is 0 Å². The van der Waals surface area contributed by atoms with Crippen LogP contribution in [0.2, 0.25) is 0 Å². The molecular formula is C22H37NO4. The number of rotatable bonds is 13. The van der Waals surface area contributed by atoms with Crippen LogP contribution in [0.15, 0.2) is 12.2 Å². The van der Waals surface area contributed by atoms with Gasteiger partial charge in [0.2, 0.25) is 0 Å². The third kappa shape index (κ3) is 8.90. The molecule has 1 aliphatic carbocycles. The Morgan fingerprint density at radius 3 is 2.56 bits per heavy atom. The van der Waals surface area contributed by atoms with E-state index in [1.54, 1.807) is 0 Å². The van der Waals surface area contributed by atoms with Crippen LogP contribution in [0.5, 0.6) is 0 Å². The number of aliphatic hydroxyl groups excluding tert-OH is 1. The zero-order valence-corrected chi connectivity index (χ0v) is 16.9. The topological polar surface area (TPSA) is 102 Å². The van der Waals surface area contributed by atoms with Crippen LogP contribution in [-0.2, 0) is 4.79 Å². The van der Waals surface area contributed by atoms with E-state index in [1.807, 2.05) is 19.1 Å². The van der Waals surface area contributed by atoms with E-state index in [9.17, 15) is 20.3 Å². The number of aliphatic hydroxyl groups is 2. The quantitative estimate of drug-likeness (QED) is 0.324. The minimum absolute atomic E-state index is 0.0262. The molecule has 0 aliphatic heterocycles. The van der Waals surface area contributed by atoms with Crippen molar-refractivity contribution in [3.8, 4) is 6.07 Å². The first-order valence-electron chi connectivity index (χ1n) is 10.5. The average molecular weight is 380 g/mol. The summed E-state index contributed by atoms with van der Waals surface area (Å²) in [6.45, 7) is 3.94. The lowest BCUT2D eigenvalue weighted by Crippen LogP contribution is -2.23. The largest absolute Gasteiger partial charge is 0.481 e. The number of hydrogen-bond donors (Lipinski definition) is 3. The van der Waals surface area contributed by atoms with E-state index in [1.165, 1.54) is 0 Å². The molecule has 5 heteroatoms. The predicted molar refractivity (Wildman–Crippen MR) is 106 cm³/mol. The van der Waals surface area contributed by atoms with Crippen LogP contribution in [-0.4, -0.2) is 33.0 Å². The summed E-state index contributed by atoms with van der Waals surface area (Å²) in [6, 6.07) is 2.33. The van der Waals surface area contributed by atoms with Gasteiger partial charge in [-0.05, 0) is 44.4 Å². The van der Waals surface area contributed by atoms with Crippen LogP contribution in [0.1, 0.15) is 84.5 Å². The van der Waals surface area contributed by atoms with Crippen molar-refractivity contribution in [1.29, 1.82) is 5.26 Å². The van der Waals surface area contributed by atoms with Crippen molar-refractivity contribution >= 4 is 5.97 Å². The molecule has 0 radical (unpaired) electrons. The summed E-state index contributed by atoms with van der Waals surface area (Å²) in [5.74, 6) is -0.951. The van der Waals surface area contributed by atoms with Crippen molar-refractivity contribution in [3.63, 3.8) is 0 Å². The first-order valence-corrected chi connectivity index (χ1v) is 10.5. The Morgan fingerprint density at radius 1 is 1.22 bits per heavy atom. The lowest BCUT2D eigenvalue weighted by molar-refractivity contribution is -0.137. The van der Waals surface area contributed by atoms with Gasteiger partial charge in [-0.15, -0.1) is 0 Å². The highest BCUT2D eigenvalue weighted by molar-refractivity contribution is 5.66. The minimum Gasteiger partial charge on any atom is -0.481 e. The standard InChI is InChI=1S/C22H37NO4/c1-3-4-9-13-22(2,27)14-12-18-17(16-23)15-20(24)19(18)10-7-5-6-8-11-21(25)26/h12,14,17-20,24,27H,3-11,13,15H2,1-2H3,(H,25,26)/t17-,18-,19+,20?,22?/m0/s1. The minimum atomic E-state index is -0.871. The number of carbonyl (C=O) groups is 1. The van der Waals surface area contributed by atoms with Gasteiger partial charge in [-0.2, -0.15) is 5.26 Å². The number of allylic oxidation sites excluding steroid dienone is 1. The monoisotopic (exact) mass is 379 g/mol. The van der Waals surface area contributed by atoms with Crippen molar-refractivity contribution in [2.24, 2.45) is 17.8 Å². The summed E-state index contributed by atoms with van der Waals surface area (Å²) in [6.07, 6.45) is 12.2. The van der Waals surface area contributed by atoms with Crippen molar-refractivity contribution in [2.45, 2.75) is 96.2 Å². The van der Waals surface area contributed by atoms with Gasteiger partial charge in [-0.3, -0.25) is 4.79 Å². The summed E-state index contributed by atoms with van der Waals surface area (Å²) in [5, 5.41) is 39.1. The van der Waals surface area contributed by atoms with Gasteiger partial charge in [0.05, 0.1) is 23.7 Å². The zero-order chi connectivity index (χ0) is 20.3. The SMILES string of the molecule is CCCCCC(C)(O)C=C[C@H]1[C@H](C#N)CC(O)[C@@H]1CCCCCCC(=O)O. The molecule has 5 nitrogen and oxygen atoms in total. The molecule has 0 aromatic heterocycles. The number of hydrogen-bond acceptors (Lipinski definition) is 4. The second-order valence-corrected chi connectivity index (χ2v) is 8.30. The van der Waals surface area contributed by atoms with Crippen LogP contribution in [0.3, 0.4) is 0 Å². The van der Waals surface area contributed by atoms with Gasteiger partial charge in [0.15, 0.2) is 0 Å². The van der Waals surface area contributed by atoms with E-state index in [2.05, 4.69) is 13.0 Å². The Morgan fingerprint density at radius 2 is 1.93 bits per heavy atom. The van der Waals surface area contributed by atoms with Crippen LogP contribution in [0.4, 0.5) is 0 Å². The molecule has 0 aromatic carbocycles. The fourth-order valence-electron chi connectivity index (χ4n) is 4.09. The molecule has 1 saturated carbocycles. The lowest BCUT2D eigenvalue weighted by atomic mass is 9.84. The molecule has 1 fully saturated rings. The van der Waals surface area contributed by atoms with Gasteiger partial charge >= 0.3 is 5.97 Å². The normalized spacial score (nSPS) is 27.5. The maximum atomic E-state index is 10.6. The highest BCUT2D eigenvalue weighted by Crippen LogP contribution is 2.41. The number of carboxylic acids is 1. The number of nitriles is 1. The Bertz CT molecular complexity index is 509. The predicted octanol–water partition coefficient (Wildman–Crippen LogP) is 4.44. The molecule has 1 aliphatic rings. The number of unbranched alkanes of at least 4 members (excludes halogenated alkanes) is 5. The summed E-state index contributed by atoms with van der Waals surface area (Å²) in [5.41, 5.74) is -0.871. The fraction of sp³-hybridized carbons (Fsp3) is 0.818. The summed E-state index contributed by atoms with van der Waals surface area (Å²) >= 11 is 0. The molecule has 2 unspecified atom stereocenters. The van der Waals surface area contributed by atoms with Gasteiger partial charge in [-0.1, -0.05) is 57.6 Å². The Kier molecular flexibility index (Phi) is 10.6. The third-order valence-electron chi connectivity index (χ3n) is 5.76. The van der Waals surface area contributed by atoms with E-state index in [4.69, 9.17) is 5.11 Å². The van der Waals surface area contributed by atoms with Crippen molar-refractivity contribution in [1.82, 2.24) is 0 Å². The van der Waals surface area contributed by atoms with Gasteiger partial charge in [0.25, 0.3) is 0 Å². The van der Waals surface area contributed by atoms with Gasteiger partial charge in [0, 0.05) is 6.42 Å². The van der Waals surface area contributed by atoms with Crippen molar-refractivity contribution in [3.05, 3.63) is 12.2 Å². The molecule has 27 heavy (non-hydrogen) atoms. The average Bonchev–Trinajstić information content (AvgIpc) is 2.91. The molecule has 3 N–H and O–H groups in total. The zero-order valence-electron chi connectivity index (χ0n) is 16.9. The Hall–Kier alpha value is -1.38. The highest BCUT2D eigenvalue weighted by Gasteiger charge is 2.41. The molecular weight excluding hydrogens is 342 g/mol. The van der Waals surface area contributed by atoms with Crippen LogP contribution in [0, 0.1) is 29.1 Å². The van der Waals surface area contributed by atoms with Gasteiger partial charge in [0.1, 0.15) is 0 Å². The molecule has 0 spiro atoms. The van der Waals surface area contributed by atoms with Gasteiger partial charge < -0.3 is 15.3 Å². The van der Waals surface area contributed by atoms with E-state index in [-0.39, 0.29) is 24.2 Å². The number of carboxylic acid groups (broad SMARTS) is 1. The van der Waals surface area contributed by atoms with E-state index >= 15 is 0 Å². The fourth-order valence-corrected chi connectivity index (χ4v) is 4.09. The van der Waals surface area contributed by atoms with Crippen molar-refractivity contribution < 1.29 is 20.1 Å². The summed E-state index contributed by atoms with van der Waals surface area (Å²) in [7, 11) is 0. The van der Waals surface area contributed by atoms with E-state index in [0.717, 1.165) is 44.9 Å². The first-order chi connectivity index (χ1) is 12.8. The first kappa shape index (κ1) is 23.7. The van der Waals surface area contributed by atoms with Crippen LogP contribution >= 0.6 is 0 Å². The Labute approximate surface area is 164 Å². The smallest absolute Gasteiger partial charge is 0.303 e. The maximum Gasteiger partial charge on any atom is 0.303 e. The number of nitrogens with zero attached hydrogens (tertiary/aromatic N) is 1. The molecule has 5 atom stereocenters. The van der Waals surface area contributed by atoms with E-state index < -0.39 is 17.7 Å². The number of aliphatic carboxylic acids is 1. The lowest BCUT2D eigenvalue weighted by Gasteiger charge is -2.23. The Balaban J connectivity index is 2.57. The molecule has 0 heterocycles. The van der Waals surface area contributed by atoms with Crippen molar-refractivity contribution in [2.75, 3.05) is 0 Å². The third-order valence-corrected chi connectivity index (χ3v) is 5.76.